The fourth-order valence-electron chi connectivity index (χ4n) is 1.39. The number of carbonyl (C=O) groups excluding carboxylic acids is 2. The van der Waals surface area contributed by atoms with E-state index in [1.54, 1.807) is 41.8 Å². The predicted octanol–water partition coefficient (Wildman–Crippen LogP) is 2.44. The van der Waals surface area contributed by atoms with Crippen LogP contribution >= 0.6 is 11.3 Å². The lowest BCUT2D eigenvalue weighted by molar-refractivity contribution is -0.112. The minimum atomic E-state index is -0.736. The molecule has 1 aromatic carbocycles. The molecule has 0 aliphatic carbocycles. The van der Waals surface area contributed by atoms with Crippen LogP contribution in [0.2, 0.25) is 0 Å². The van der Waals surface area contributed by atoms with Crippen molar-refractivity contribution < 1.29 is 9.59 Å². The van der Waals surface area contributed by atoms with Gasteiger partial charge in [-0.2, -0.15) is 5.26 Å². The van der Waals surface area contributed by atoms with Crippen LogP contribution in [0.25, 0.3) is 0 Å². The largest absolute Gasteiger partial charge is 0.318 e. The highest BCUT2D eigenvalue weighted by atomic mass is 32.1. The normalized spacial score (nSPS) is 9.50. The molecule has 2 rings (SSSR count). The van der Waals surface area contributed by atoms with Gasteiger partial charge in [-0.3, -0.25) is 9.59 Å². The van der Waals surface area contributed by atoms with Gasteiger partial charge in [0.05, 0.1) is 16.1 Å². The second-order valence-electron chi connectivity index (χ2n) is 3.42. The zero-order valence-electron chi connectivity index (χ0n) is 9.21. The van der Waals surface area contributed by atoms with Crippen LogP contribution < -0.4 is 5.32 Å². The first-order valence-corrected chi connectivity index (χ1v) is 5.98. The topological polar surface area (TPSA) is 70.0 Å². The van der Waals surface area contributed by atoms with Gasteiger partial charge in [-0.25, -0.2) is 0 Å². The van der Waals surface area contributed by atoms with E-state index in [2.05, 4.69) is 5.32 Å². The molecule has 0 spiro atoms. The summed E-state index contributed by atoms with van der Waals surface area (Å²) in [6.07, 6.45) is 0. The third-order valence-corrected chi connectivity index (χ3v) is 3.12. The Labute approximate surface area is 107 Å². The van der Waals surface area contributed by atoms with Crippen molar-refractivity contribution in [2.24, 2.45) is 0 Å². The van der Waals surface area contributed by atoms with E-state index in [9.17, 15) is 9.59 Å². The molecule has 1 N–H and O–H groups in total. The Morgan fingerprint density at radius 2 is 1.94 bits per heavy atom. The number of ketones is 1. The van der Waals surface area contributed by atoms with Gasteiger partial charge < -0.3 is 5.32 Å². The van der Waals surface area contributed by atoms with E-state index >= 15 is 0 Å². The number of anilines is 1. The van der Waals surface area contributed by atoms with Gasteiger partial charge in [-0.15, -0.1) is 11.3 Å². The SMILES string of the molecule is N#Cc1ccccc1NC(=O)C(=O)c1cccs1. The number of benzene rings is 1. The summed E-state index contributed by atoms with van der Waals surface area (Å²) < 4.78 is 0. The van der Waals surface area contributed by atoms with Crippen LogP contribution in [0.3, 0.4) is 0 Å². The third kappa shape index (κ3) is 2.44. The van der Waals surface area contributed by atoms with Crippen molar-refractivity contribution in [3.8, 4) is 6.07 Å². The summed E-state index contributed by atoms with van der Waals surface area (Å²) in [5.74, 6) is -1.34. The van der Waals surface area contributed by atoms with Gasteiger partial charge >= 0.3 is 0 Å². The molecule has 0 bridgehead atoms. The number of para-hydroxylation sites is 1. The fourth-order valence-corrected chi connectivity index (χ4v) is 2.05. The van der Waals surface area contributed by atoms with Crippen molar-refractivity contribution in [1.29, 1.82) is 5.26 Å². The van der Waals surface area contributed by atoms with Gasteiger partial charge in [0.15, 0.2) is 0 Å². The predicted molar refractivity (Wildman–Crippen MR) is 68.4 cm³/mol. The maximum Gasteiger partial charge on any atom is 0.297 e. The molecule has 0 aliphatic rings. The Morgan fingerprint density at radius 3 is 2.61 bits per heavy atom. The number of nitrogens with one attached hydrogen (secondary N) is 1. The van der Waals surface area contributed by atoms with Gasteiger partial charge in [-0.1, -0.05) is 18.2 Å². The van der Waals surface area contributed by atoms with E-state index in [4.69, 9.17) is 5.26 Å². The molecule has 2 aromatic rings. The molecular formula is C13H8N2O2S. The number of amides is 1. The number of carbonyl (C=O) groups is 2. The van der Waals surface area contributed by atoms with Crippen LogP contribution in [0.4, 0.5) is 5.69 Å². The Morgan fingerprint density at radius 1 is 1.17 bits per heavy atom. The fraction of sp³-hybridized carbons (Fsp3) is 0. The standard InChI is InChI=1S/C13H8N2O2S/c14-8-9-4-1-2-5-10(9)15-13(17)12(16)11-6-3-7-18-11/h1-7H,(H,15,17). The van der Waals surface area contributed by atoms with Gasteiger partial charge in [-0.05, 0) is 23.6 Å². The number of rotatable bonds is 3. The van der Waals surface area contributed by atoms with Crippen LogP contribution in [-0.2, 0) is 4.79 Å². The summed E-state index contributed by atoms with van der Waals surface area (Å²) in [6, 6.07) is 11.8. The number of Topliss-reactive ketones (excluding diaryl/α,β-unsaturated/α-hetero) is 1. The van der Waals surface area contributed by atoms with E-state index in [1.165, 1.54) is 11.3 Å². The molecule has 0 atom stereocenters. The first-order valence-electron chi connectivity index (χ1n) is 5.10. The minimum Gasteiger partial charge on any atom is -0.318 e. The Balaban J connectivity index is 2.18. The first kappa shape index (κ1) is 12.0. The molecule has 0 aliphatic heterocycles. The average molecular weight is 256 g/mol. The quantitative estimate of drug-likeness (QED) is 0.677. The van der Waals surface area contributed by atoms with Crippen molar-refractivity contribution in [2.45, 2.75) is 0 Å². The summed E-state index contributed by atoms with van der Waals surface area (Å²) in [4.78, 5) is 23.8. The Kier molecular flexibility index (Phi) is 3.51. The molecule has 1 amide bonds. The Hall–Kier alpha value is -2.45. The molecule has 0 unspecified atom stereocenters. The summed E-state index contributed by atoms with van der Waals surface area (Å²) in [7, 11) is 0. The maximum absolute atomic E-state index is 11.7. The van der Waals surface area contributed by atoms with Gasteiger partial charge in [0.2, 0.25) is 0 Å². The molecule has 0 radical (unpaired) electrons. The van der Waals surface area contributed by atoms with Crippen molar-refractivity contribution in [3.63, 3.8) is 0 Å². The number of hydrogen-bond acceptors (Lipinski definition) is 4. The van der Waals surface area contributed by atoms with Crippen molar-refractivity contribution in [3.05, 3.63) is 52.2 Å². The van der Waals surface area contributed by atoms with E-state index in [1.807, 2.05) is 6.07 Å². The molecule has 4 nitrogen and oxygen atoms in total. The number of nitrogens with zero attached hydrogens (tertiary/aromatic N) is 1. The summed E-state index contributed by atoms with van der Waals surface area (Å²) in [5.41, 5.74) is 0.666. The number of nitriles is 1. The summed E-state index contributed by atoms with van der Waals surface area (Å²) in [5, 5.41) is 13.0. The highest BCUT2D eigenvalue weighted by Gasteiger charge is 2.18. The minimum absolute atomic E-state index is 0.324. The first-order chi connectivity index (χ1) is 8.72. The maximum atomic E-state index is 11.7. The zero-order chi connectivity index (χ0) is 13.0. The highest BCUT2D eigenvalue weighted by Crippen LogP contribution is 2.15. The molecule has 18 heavy (non-hydrogen) atoms. The lowest BCUT2D eigenvalue weighted by atomic mass is 10.2. The molecule has 1 aromatic heterocycles. The molecule has 0 saturated heterocycles. The van der Waals surface area contributed by atoms with E-state index in [0.29, 0.717) is 16.1 Å². The Bertz CT molecular complexity index is 627. The summed E-state index contributed by atoms with van der Waals surface area (Å²) >= 11 is 1.20. The monoisotopic (exact) mass is 256 g/mol. The average Bonchev–Trinajstić information content (AvgIpc) is 2.92. The lowest BCUT2D eigenvalue weighted by Crippen LogP contribution is -2.22. The van der Waals surface area contributed by atoms with Crippen molar-refractivity contribution in [1.82, 2.24) is 0 Å². The molecular weight excluding hydrogens is 248 g/mol. The van der Waals surface area contributed by atoms with Gasteiger partial charge in [0.1, 0.15) is 6.07 Å². The van der Waals surface area contributed by atoms with Crippen LogP contribution in [0.5, 0.6) is 0 Å². The van der Waals surface area contributed by atoms with E-state index < -0.39 is 11.7 Å². The third-order valence-electron chi connectivity index (χ3n) is 2.25. The molecule has 0 saturated carbocycles. The van der Waals surface area contributed by atoms with Crippen LogP contribution in [0.1, 0.15) is 15.2 Å². The molecule has 0 fully saturated rings. The number of thiophene rings is 1. The van der Waals surface area contributed by atoms with Crippen LogP contribution in [0.15, 0.2) is 41.8 Å². The van der Waals surface area contributed by atoms with Gasteiger partial charge in [0, 0.05) is 0 Å². The van der Waals surface area contributed by atoms with Crippen LogP contribution in [-0.4, -0.2) is 11.7 Å². The van der Waals surface area contributed by atoms with Crippen molar-refractivity contribution in [2.75, 3.05) is 5.32 Å². The zero-order valence-corrected chi connectivity index (χ0v) is 10.0. The van der Waals surface area contributed by atoms with Crippen LogP contribution in [0, 0.1) is 11.3 Å². The van der Waals surface area contributed by atoms with E-state index in [-0.39, 0.29) is 0 Å². The molecule has 5 heteroatoms. The van der Waals surface area contributed by atoms with Crippen molar-refractivity contribution >= 4 is 28.7 Å². The van der Waals surface area contributed by atoms with Gasteiger partial charge in [0.25, 0.3) is 11.7 Å². The number of hydrogen-bond donors (Lipinski definition) is 1. The second-order valence-corrected chi connectivity index (χ2v) is 4.37. The lowest BCUT2D eigenvalue weighted by Gasteiger charge is -2.04. The molecule has 1 heterocycles. The smallest absolute Gasteiger partial charge is 0.297 e. The highest BCUT2D eigenvalue weighted by molar-refractivity contribution is 7.13. The summed E-state index contributed by atoms with van der Waals surface area (Å²) in [6.45, 7) is 0. The second kappa shape index (κ2) is 5.25. The molecule has 88 valence electrons. The van der Waals surface area contributed by atoms with E-state index in [0.717, 1.165) is 0 Å².